The molecule has 2 aromatic carbocycles. The molecule has 1 atom stereocenters. The lowest BCUT2D eigenvalue weighted by Crippen LogP contribution is -2.42. The fourth-order valence-electron chi connectivity index (χ4n) is 3.91. The van der Waals surface area contributed by atoms with Gasteiger partial charge in [0.15, 0.2) is 6.10 Å². The Morgan fingerprint density at radius 2 is 1.42 bits per heavy atom. The number of likely N-dealkylation sites (tertiary alicyclic amines) is 1. The van der Waals surface area contributed by atoms with E-state index in [4.69, 9.17) is 4.74 Å². The van der Waals surface area contributed by atoms with Crippen molar-refractivity contribution in [1.82, 2.24) is 4.90 Å². The van der Waals surface area contributed by atoms with E-state index < -0.39 is 0 Å². The lowest BCUT2D eigenvalue weighted by molar-refractivity contribution is -0.133. The number of benzene rings is 2. The minimum absolute atomic E-state index is 0.152. The van der Waals surface area contributed by atoms with Gasteiger partial charge in [-0.25, -0.2) is 0 Å². The minimum Gasteiger partial charge on any atom is -0.363 e. The van der Waals surface area contributed by atoms with Gasteiger partial charge in [0, 0.05) is 19.0 Å². The van der Waals surface area contributed by atoms with Crippen LogP contribution in [0.15, 0.2) is 60.7 Å². The monoisotopic (exact) mass is 321 g/mol. The molecule has 3 heteroatoms. The zero-order valence-corrected chi connectivity index (χ0v) is 13.8. The summed E-state index contributed by atoms with van der Waals surface area (Å²) in [7, 11) is 0. The Balaban J connectivity index is 1.53. The maximum Gasteiger partial charge on any atom is 0.254 e. The molecule has 1 unspecified atom stereocenters. The number of hydrogen-bond acceptors (Lipinski definition) is 2. The van der Waals surface area contributed by atoms with Crippen molar-refractivity contribution >= 4 is 5.91 Å². The predicted octanol–water partition coefficient (Wildman–Crippen LogP) is 3.46. The van der Waals surface area contributed by atoms with Gasteiger partial charge in [-0.2, -0.15) is 0 Å². The number of rotatable bonds is 4. The quantitative estimate of drug-likeness (QED) is 0.808. The molecule has 1 amide bonds. The second-order valence-corrected chi connectivity index (χ2v) is 6.78. The Morgan fingerprint density at radius 3 is 1.88 bits per heavy atom. The topological polar surface area (TPSA) is 32.8 Å². The third-order valence-corrected chi connectivity index (χ3v) is 5.25. The van der Waals surface area contributed by atoms with Crippen molar-refractivity contribution in [2.45, 2.75) is 24.9 Å². The molecule has 2 saturated heterocycles. The van der Waals surface area contributed by atoms with Gasteiger partial charge in [0.2, 0.25) is 0 Å². The van der Waals surface area contributed by atoms with Gasteiger partial charge in [-0.05, 0) is 29.9 Å². The van der Waals surface area contributed by atoms with E-state index in [1.54, 1.807) is 0 Å². The van der Waals surface area contributed by atoms with Crippen molar-refractivity contribution in [2.75, 3.05) is 19.7 Å². The summed E-state index contributed by atoms with van der Waals surface area (Å²) in [4.78, 5) is 14.2. The molecule has 3 nitrogen and oxygen atoms in total. The number of epoxide rings is 1. The second kappa shape index (κ2) is 6.78. The summed E-state index contributed by atoms with van der Waals surface area (Å²) in [5.41, 5.74) is 2.75. The fourth-order valence-corrected chi connectivity index (χ4v) is 3.91. The smallest absolute Gasteiger partial charge is 0.254 e. The summed E-state index contributed by atoms with van der Waals surface area (Å²) in [6.45, 7) is 2.30. The number of amides is 1. The summed E-state index contributed by atoms with van der Waals surface area (Å²) in [6, 6.07) is 21.5. The Bertz CT molecular complexity index is 634. The van der Waals surface area contributed by atoms with Crippen LogP contribution in [0.2, 0.25) is 0 Å². The molecule has 0 bridgehead atoms. The standard InChI is InChI=1S/C21H23NO2/c23-21(19-15-24-19)22-13-11-18(12-14-22)20(16-7-3-1-4-8-16)17-9-5-2-6-10-17/h1-10,18-20H,11-15H2. The average molecular weight is 321 g/mol. The molecule has 0 N–H and O–H groups in total. The normalized spacial score (nSPS) is 21.0. The SMILES string of the molecule is O=C(C1CO1)N1CCC(C(c2ccccc2)c2ccccc2)CC1. The molecular weight excluding hydrogens is 298 g/mol. The number of hydrogen-bond donors (Lipinski definition) is 0. The van der Waals surface area contributed by atoms with Crippen LogP contribution in [0.25, 0.3) is 0 Å². The van der Waals surface area contributed by atoms with Crippen LogP contribution < -0.4 is 0 Å². The molecule has 0 spiro atoms. The molecule has 2 aromatic rings. The van der Waals surface area contributed by atoms with E-state index in [0.29, 0.717) is 18.4 Å². The lowest BCUT2D eigenvalue weighted by atomic mass is 9.76. The molecule has 2 aliphatic rings. The van der Waals surface area contributed by atoms with Crippen molar-refractivity contribution < 1.29 is 9.53 Å². The molecular formula is C21H23NO2. The number of nitrogens with zero attached hydrogens (tertiary/aromatic N) is 1. The highest BCUT2D eigenvalue weighted by Crippen LogP contribution is 2.38. The molecule has 2 heterocycles. The maximum absolute atomic E-state index is 12.2. The Morgan fingerprint density at radius 1 is 0.917 bits per heavy atom. The molecule has 2 fully saturated rings. The van der Waals surface area contributed by atoms with Gasteiger partial charge in [0.05, 0.1) is 6.61 Å². The minimum atomic E-state index is -0.152. The van der Waals surface area contributed by atoms with Crippen molar-refractivity contribution in [3.05, 3.63) is 71.8 Å². The van der Waals surface area contributed by atoms with Gasteiger partial charge >= 0.3 is 0 Å². The van der Waals surface area contributed by atoms with Crippen LogP contribution in [0.4, 0.5) is 0 Å². The summed E-state index contributed by atoms with van der Waals surface area (Å²) in [5.74, 6) is 1.16. The number of piperidine rings is 1. The molecule has 2 aliphatic heterocycles. The van der Waals surface area contributed by atoms with Gasteiger partial charge in [0.25, 0.3) is 5.91 Å². The lowest BCUT2D eigenvalue weighted by Gasteiger charge is -2.36. The zero-order valence-electron chi connectivity index (χ0n) is 13.8. The van der Waals surface area contributed by atoms with E-state index >= 15 is 0 Å². The van der Waals surface area contributed by atoms with E-state index in [1.807, 2.05) is 4.90 Å². The summed E-state index contributed by atoms with van der Waals surface area (Å²) in [5, 5.41) is 0. The van der Waals surface area contributed by atoms with Crippen LogP contribution in [0, 0.1) is 5.92 Å². The van der Waals surface area contributed by atoms with Crippen LogP contribution >= 0.6 is 0 Å². The Labute approximate surface area is 143 Å². The van der Waals surface area contributed by atoms with Gasteiger partial charge in [-0.3, -0.25) is 4.79 Å². The molecule has 24 heavy (non-hydrogen) atoms. The molecule has 0 aliphatic carbocycles. The Hall–Kier alpha value is -2.13. The van der Waals surface area contributed by atoms with Crippen LogP contribution in [0.3, 0.4) is 0 Å². The summed E-state index contributed by atoms with van der Waals surface area (Å²) in [6.07, 6.45) is 1.94. The number of carbonyl (C=O) groups is 1. The molecule has 0 saturated carbocycles. The molecule has 0 radical (unpaired) electrons. The van der Waals surface area contributed by atoms with E-state index in [-0.39, 0.29) is 12.0 Å². The number of carbonyl (C=O) groups excluding carboxylic acids is 1. The van der Waals surface area contributed by atoms with Gasteiger partial charge < -0.3 is 9.64 Å². The predicted molar refractivity (Wildman–Crippen MR) is 93.8 cm³/mol. The van der Waals surface area contributed by atoms with Crippen molar-refractivity contribution in [3.8, 4) is 0 Å². The van der Waals surface area contributed by atoms with Crippen LogP contribution in [-0.4, -0.2) is 36.6 Å². The highest BCUT2D eigenvalue weighted by Gasteiger charge is 2.37. The van der Waals surface area contributed by atoms with Gasteiger partial charge in [-0.1, -0.05) is 60.7 Å². The van der Waals surface area contributed by atoms with Crippen molar-refractivity contribution in [1.29, 1.82) is 0 Å². The second-order valence-electron chi connectivity index (χ2n) is 6.78. The third kappa shape index (κ3) is 3.22. The molecule has 4 rings (SSSR count). The number of ether oxygens (including phenoxy) is 1. The van der Waals surface area contributed by atoms with E-state index in [1.165, 1.54) is 11.1 Å². The largest absolute Gasteiger partial charge is 0.363 e. The van der Waals surface area contributed by atoms with E-state index in [2.05, 4.69) is 60.7 Å². The van der Waals surface area contributed by atoms with Crippen LogP contribution in [-0.2, 0) is 9.53 Å². The molecule has 0 aromatic heterocycles. The van der Waals surface area contributed by atoms with Crippen LogP contribution in [0.5, 0.6) is 0 Å². The highest BCUT2D eigenvalue weighted by molar-refractivity contribution is 5.83. The fraction of sp³-hybridized carbons (Fsp3) is 0.381. The van der Waals surface area contributed by atoms with Gasteiger partial charge in [0.1, 0.15) is 0 Å². The van der Waals surface area contributed by atoms with Crippen molar-refractivity contribution in [3.63, 3.8) is 0 Å². The highest BCUT2D eigenvalue weighted by atomic mass is 16.6. The third-order valence-electron chi connectivity index (χ3n) is 5.25. The zero-order chi connectivity index (χ0) is 16.4. The average Bonchev–Trinajstić information content (AvgIpc) is 3.49. The summed E-state index contributed by atoms with van der Waals surface area (Å²) >= 11 is 0. The summed E-state index contributed by atoms with van der Waals surface area (Å²) < 4.78 is 5.15. The Kier molecular flexibility index (Phi) is 4.35. The van der Waals surface area contributed by atoms with Crippen molar-refractivity contribution in [2.24, 2.45) is 5.92 Å². The first-order valence-electron chi connectivity index (χ1n) is 8.83. The molecule has 124 valence electrons. The first kappa shape index (κ1) is 15.4. The van der Waals surface area contributed by atoms with E-state index in [0.717, 1.165) is 25.9 Å². The van der Waals surface area contributed by atoms with E-state index in [9.17, 15) is 4.79 Å². The maximum atomic E-state index is 12.2. The van der Waals surface area contributed by atoms with Gasteiger partial charge in [-0.15, -0.1) is 0 Å². The first-order valence-corrected chi connectivity index (χ1v) is 8.83. The first-order chi connectivity index (χ1) is 11.8. The van der Waals surface area contributed by atoms with Crippen LogP contribution in [0.1, 0.15) is 29.9 Å².